The summed E-state index contributed by atoms with van der Waals surface area (Å²) in [4.78, 5) is 11.5. The highest BCUT2D eigenvalue weighted by Crippen LogP contribution is 2.25. The Morgan fingerprint density at radius 1 is 1.20 bits per heavy atom. The van der Waals surface area contributed by atoms with Gasteiger partial charge in [-0.1, -0.05) is 26.2 Å². The zero-order valence-corrected chi connectivity index (χ0v) is 11.8. The molecule has 2 amide bonds. The van der Waals surface area contributed by atoms with Gasteiger partial charge in [-0.15, -0.1) is 0 Å². The van der Waals surface area contributed by atoms with Crippen LogP contribution >= 0.6 is 0 Å². The number of ether oxygens (including phenoxy) is 1. The van der Waals surface area contributed by atoms with Crippen LogP contribution in [0.15, 0.2) is 12.1 Å². The number of amides is 2. The number of halogens is 2. The number of nitrogens with one attached hydrogen (secondary N) is 2. The van der Waals surface area contributed by atoms with E-state index in [2.05, 4.69) is 22.3 Å². The van der Waals surface area contributed by atoms with Crippen LogP contribution in [0.2, 0.25) is 0 Å². The molecule has 0 aromatic heterocycles. The fourth-order valence-electron chi connectivity index (χ4n) is 1.76. The van der Waals surface area contributed by atoms with E-state index < -0.39 is 23.4 Å². The van der Waals surface area contributed by atoms with E-state index in [1.165, 1.54) is 7.11 Å². The molecule has 0 unspecified atom stereocenters. The molecule has 112 valence electrons. The summed E-state index contributed by atoms with van der Waals surface area (Å²) < 4.78 is 31.4. The first-order valence-corrected chi connectivity index (χ1v) is 6.66. The van der Waals surface area contributed by atoms with Gasteiger partial charge in [0.05, 0.1) is 7.11 Å². The van der Waals surface area contributed by atoms with Crippen LogP contribution < -0.4 is 15.4 Å². The van der Waals surface area contributed by atoms with Crippen LogP contribution in [0, 0.1) is 11.6 Å². The number of hydrogen-bond acceptors (Lipinski definition) is 2. The van der Waals surface area contributed by atoms with Crippen molar-refractivity contribution in [3.63, 3.8) is 0 Å². The molecule has 0 heterocycles. The average Bonchev–Trinajstić information content (AvgIpc) is 2.38. The predicted molar refractivity (Wildman–Crippen MR) is 74.1 cm³/mol. The number of anilines is 1. The van der Waals surface area contributed by atoms with E-state index in [0.29, 0.717) is 6.54 Å². The van der Waals surface area contributed by atoms with Gasteiger partial charge in [0.1, 0.15) is 0 Å². The molecule has 0 saturated carbocycles. The van der Waals surface area contributed by atoms with Gasteiger partial charge in [0.25, 0.3) is 0 Å². The van der Waals surface area contributed by atoms with Crippen LogP contribution in [0.3, 0.4) is 0 Å². The molecule has 0 bridgehead atoms. The lowest BCUT2D eigenvalue weighted by Gasteiger charge is -2.09. The van der Waals surface area contributed by atoms with E-state index in [-0.39, 0.29) is 5.69 Å². The molecule has 0 atom stereocenters. The van der Waals surface area contributed by atoms with Gasteiger partial charge in [0.2, 0.25) is 0 Å². The number of carbonyl (C=O) groups is 1. The quantitative estimate of drug-likeness (QED) is 0.751. The van der Waals surface area contributed by atoms with Gasteiger partial charge in [0.15, 0.2) is 17.4 Å². The normalized spacial score (nSPS) is 10.2. The molecule has 1 aromatic carbocycles. The Kier molecular flexibility index (Phi) is 6.76. The number of carbonyl (C=O) groups excluding carboxylic acids is 1. The summed E-state index contributed by atoms with van der Waals surface area (Å²) in [6.07, 6.45) is 4.17. The lowest BCUT2D eigenvalue weighted by atomic mass is 10.2. The number of unbranched alkanes of at least 4 members (excludes halogenated alkanes) is 3. The molecular formula is C14H20F2N2O2. The largest absolute Gasteiger partial charge is 0.491 e. The maximum Gasteiger partial charge on any atom is 0.319 e. The average molecular weight is 286 g/mol. The summed E-state index contributed by atoms with van der Waals surface area (Å²) in [5.41, 5.74) is 0.0480. The molecule has 0 radical (unpaired) electrons. The van der Waals surface area contributed by atoms with Crippen LogP contribution in [0.4, 0.5) is 19.3 Å². The predicted octanol–water partition coefficient (Wildman–Crippen LogP) is 3.68. The Morgan fingerprint density at radius 2 is 1.85 bits per heavy atom. The molecule has 6 heteroatoms. The summed E-state index contributed by atoms with van der Waals surface area (Å²) in [5, 5.41) is 5.01. The number of urea groups is 1. The zero-order chi connectivity index (χ0) is 15.0. The molecule has 2 N–H and O–H groups in total. The second kappa shape index (κ2) is 8.35. The van der Waals surface area contributed by atoms with Crippen molar-refractivity contribution in [1.29, 1.82) is 0 Å². The first-order valence-electron chi connectivity index (χ1n) is 6.66. The molecule has 0 aliphatic carbocycles. The Hall–Kier alpha value is -1.85. The molecular weight excluding hydrogens is 266 g/mol. The minimum absolute atomic E-state index is 0.0480. The monoisotopic (exact) mass is 286 g/mol. The van der Waals surface area contributed by atoms with Gasteiger partial charge in [-0.05, 0) is 6.42 Å². The maximum absolute atomic E-state index is 13.4. The topological polar surface area (TPSA) is 50.4 Å². The Bertz CT molecular complexity index is 430. The number of methoxy groups -OCH3 is 1. The molecule has 4 nitrogen and oxygen atoms in total. The van der Waals surface area contributed by atoms with Crippen LogP contribution in [0.5, 0.6) is 5.75 Å². The first kappa shape index (κ1) is 16.2. The lowest BCUT2D eigenvalue weighted by molar-refractivity contribution is 0.252. The van der Waals surface area contributed by atoms with E-state index in [0.717, 1.165) is 37.8 Å². The van der Waals surface area contributed by atoms with Gasteiger partial charge < -0.3 is 15.4 Å². The van der Waals surface area contributed by atoms with E-state index in [4.69, 9.17) is 0 Å². The molecule has 0 aliphatic heterocycles. The summed E-state index contributed by atoms with van der Waals surface area (Å²) in [6.45, 7) is 2.64. The maximum atomic E-state index is 13.4. The van der Waals surface area contributed by atoms with Gasteiger partial charge >= 0.3 is 6.03 Å². The van der Waals surface area contributed by atoms with Gasteiger partial charge in [-0.2, -0.15) is 0 Å². The van der Waals surface area contributed by atoms with Gasteiger partial charge in [-0.25, -0.2) is 13.6 Å². The van der Waals surface area contributed by atoms with Crippen molar-refractivity contribution in [2.45, 2.75) is 32.6 Å². The van der Waals surface area contributed by atoms with Crippen molar-refractivity contribution in [3.8, 4) is 5.75 Å². The Morgan fingerprint density at radius 3 is 2.40 bits per heavy atom. The van der Waals surface area contributed by atoms with Crippen molar-refractivity contribution in [2.75, 3.05) is 19.0 Å². The fourth-order valence-corrected chi connectivity index (χ4v) is 1.76. The summed E-state index contributed by atoms with van der Waals surface area (Å²) in [5.74, 6) is -2.17. The highest BCUT2D eigenvalue weighted by atomic mass is 19.1. The molecule has 1 aromatic rings. The van der Waals surface area contributed by atoms with E-state index in [1.807, 2.05) is 0 Å². The molecule has 1 rings (SSSR count). The van der Waals surface area contributed by atoms with Crippen LogP contribution in [-0.2, 0) is 0 Å². The minimum Gasteiger partial charge on any atom is -0.491 e. The third-order valence-electron chi connectivity index (χ3n) is 2.78. The number of rotatable bonds is 7. The van der Waals surface area contributed by atoms with Gasteiger partial charge in [-0.3, -0.25) is 0 Å². The summed E-state index contributed by atoms with van der Waals surface area (Å²) in [7, 11) is 1.18. The number of hydrogen-bond donors (Lipinski definition) is 2. The third-order valence-corrected chi connectivity index (χ3v) is 2.78. The van der Waals surface area contributed by atoms with Gasteiger partial charge in [0, 0.05) is 24.4 Å². The Labute approximate surface area is 117 Å². The summed E-state index contributed by atoms with van der Waals surface area (Å²) >= 11 is 0. The van der Waals surface area contributed by atoms with Crippen molar-refractivity contribution in [2.24, 2.45) is 0 Å². The van der Waals surface area contributed by atoms with E-state index in [1.54, 1.807) is 0 Å². The van der Waals surface area contributed by atoms with E-state index >= 15 is 0 Å². The molecule has 0 spiro atoms. The van der Waals surface area contributed by atoms with Crippen LogP contribution in [-0.4, -0.2) is 19.7 Å². The van der Waals surface area contributed by atoms with Crippen LogP contribution in [0.1, 0.15) is 32.6 Å². The summed E-state index contributed by atoms with van der Waals surface area (Å²) in [6, 6.07) is 1.54. The molecule has 0 aliphatic rings. The van der Waals surface area contributed by atoms with Crippen molar-refractivity contribution in [3.05, 3.63) is 23.8 Å². The van der Waals surface area contributed by atoms with Crippen molar-refractivity contribution in [1.82, 2.24) is 5.32 Å². The second-order valence-corrected chi connectivity index (χ2v) is 4.41. The highest BCUT2D eigenvalue weighted by Gasteiger charge is 2.12. The molecule has 0 fully saturated rings. The van der Waals surface area contributed by atoms with E-state index in [9.17, 15) is 13.6 Å². The lowest BCUT2D eigenvalue weighted by Crippen LogP contribution is -2.29. The Balaban J connectivity index is 2.46. The first-order chi connectivity index (χ1) is 9.58. The third kappa shape index (κ3) is 5.03. The number of benzene rings is 1. The minimum atomic E-state index is -0.856. The smallest absolute Gasteiger partial charge is 0.319 e. The van der Waals surface area contributed by atoms with Crippen LogP contribution in [0.25, 0.3) is 0 Å². The SMILES string of the molecule is CCCCCCNC(=O)Nc1cc(F)c(OC)c(F)c1. The molecule has 20 heavy (non-hydrogen) atoms. The standard InChI is InChI=1S/C14H20F2N2O2/c1-3-4-5-6-7-17-14(19)18-10-8-11(15)13(20-2)12(16)9-10/h8-9H,3-7H2,1-2H3,(H2,17,18,19). The molecule has 0 saturated heterocycles. The highest BCUT2D eigenvalue weighted by molar-refractivity contribution is 5.89. The second-order valence-electron chi connectivity index (χ2n) is 4.41. The van der Waals surface area contributed by atoms with Crippen molar-refractivity contribution >= 4 is 11.7 Å². The fraction of sp³-hybridized carbons (Fsp3) is 0.500. The zero-order valence-electron chi connectivity index (χ0n) is 11.8. The van der Waals surface area contributed by atoms with Crippen molar-refractivity contribution < 1.29 is 18.3 Å².